The van der Waals surface area contributed by atoms with E-state index in [-0.39, 0.29) is 43.3 Å². The molecule has 27 heavy (non-hydrogen) atoms. The molecular formula is C18H23N5O4. The highest BCUT2D eigenvalue weighted by Gasteiger charge is 2.36. The fourth-order valence-electron chi connectivity index (χ4n) is 3.60. The van der Waals surface area contributed by atoms with Crippen LogP contribution in [-0.4, -0.2) is 77.3 Å². The van der Waals surface area contributed by atoms with Crippen molar-refractivity contribution in [2.75, 3.05) is 37.6 Å². The van der Waals surface area contributed by atoms with Crippen molar-refractivity contribution in [2.45, 2.75) is 18.9 Å². The first-order valence-electron chi connectivity index (χ1n) is 8.83. The third-order valence-corrected chi connectivity index (χ3v) is 5.07. The van der Waals surface area contributed by atoms with E-state index in [0.29, 0.717) is 37.2 Å². The Balaban J connectivity index is 1.62. The van der Waals surface area contributed by atoms with Gasteiger partial charge < -0.3 is 20.6 Å². The number of amides is 2. The van der Waals surface area contributed by atoms with Gasteiger partial charge >= 0.3 is 5.97 Å². The van der Waals surface area contributed by atoms with E-state index in [1.54, 1.807) is 29.2 Å². The minimum atomic E-state index is -0.857. The van der Waals surface area contributed by atoms with Crippen molar-refractivity contribution in [2.24, 2.45) is 5.73 Å². The lowest BCUT2D eigenvalue weighted by Crippen LogP contribution is -2.59. The summed E-state index contributed by atoms with van der Waals surface area (Å²) >= 11 is 0. The van der Waals surface area contributed by atoms with E-state index in [0.717, 1.165) is 0 Å². The van der Waals surface area contributed by atoms with Crippen LogP contribution in [-0.2, 0) is 14.4 Å². The molecule has 2 amide bonds. The zero-order chi connectivity index (χ0) is 19.6. The number of anilines is 1. The molecule has 9 heteroatoms. The lowest BCUT2D eigenvalue weighted by molar-refractivity contribution is -0.142. The van der Waals surface area contributed by atoms with Crippen molar-refractivity contribution in [3.8, 4) is 0 Å². The van der Waals surface area contributed by atoms with Crippen LogP contribution in [0.2, 0.25) is 0 Å². The smallest absolute Gasteiger partial charge is 0.317 e. The number of carbonyl (C=O) groups excluding carboxylic acids is 2. The van der Waals surface area contributed by atoms with Crippen LogP contribution in [0.3, 0.4) is 0 Å². The maximum atomic E-state index is 12.6. The monoisotopic (exact) mass is 373 g/mol. The zero-order valence-electron chi connectivity index (χ0n) is 14.9. The van der Waals surface area contributed by atoms with Crippen molar-refractivity contribution < 1.29 is 19.5 Å². The predicted molar refractivity (Wildman–Crippen MR) is 98.6 cm³/mol. The number of nitrogens with two attached hydrogens (primary N) is 1. The lowest BCUT2D eigenvalue weighted by Gasteiger charge is -2.41. The quantitative estimate of drug-likeness (QED) is 0.479. The standard InChI is InChI=1S/C18H23N5O4/c19-18(20)12-1-3-13(4-2-12)22-9-16(25)23(10-15(22)24)14-5-7-21(8-6-14)11-17(26)27/h1-4,14H,5-11H2,(H3,19,20)(H,26,27). The number of carboxylic acids is 1. The lowest BCUT2D eigenvalue weighted by atomic mass is 10.0. The highest BCUT2D eigenvalue weighted by atomic mass is 16.4. The highest BCUT2D eigenvalue weighted by Crippen LogP contribution is 2.23. The molecule has 3 rings (SSSR count). The molecule has 0 aliphatic carbocycles. The molecule has 0 aromatic heterocycles. The number of hydrogen-bond acceptors (Lipinski definition) is 5. The fraction of sp³-hybridized carbons (Fsp3) is 0.444. The molecule has 0 unspecified atom stereocenters. The van der Waals surface area contributed by atoms with Crippen LogP contribution in [0.1, 0.15) is 18.4 Å². The first kappa shape index (κ1) is 18.8. The summed E-state index contributed by atoms with van der Waals surface area (Å²) in [5.74, 6) is -1.17. The van der Waals surface area contributed by atoms with Gasteiger partial charge in [-0.15, -0.1) is 0 Å². The Morgan fingerprint density at radius 2 is 1.74 bits per heavy atom. The van der Waals surface area contributed by atoms with Gasteiger partial charge in [-0.05, 0) is 37.1 Å². The second-order valence-electron chi connectivity index (χ2n) is 6.86. The van der Waals surface area contributed by atoms with Gasteiger partial charge in [0.15, 0.2) is 0 Å². The summed E-state index contributed by atoms with van der Waals surface area (Å²) in [5.41, 5.74) is 6.60. The Labute approximate surface area is 156 Å². The van der Waals surface area contributed by atoms with E-state index in [1.807, 2.05) is 4.90 Å². The molecule has 0 atom stereocenters. The predicted octanol–water partition coefficient (Wildman–Crippen LogP) is -0.305. The molecule has 2 saturated heterocycles. The second kappa shape index (κ2) is 7.75. The van der Waals surface area contributed by atoms with Gasteiger partial charge in [-0.25, -0.2) is 0 Å². The van der Waals surface area contributed by atoms with Gasteiger partial charge in [-0.1, -0.05) is 0 Å². The molecule has 1 aromatic rings. The van der Waals surface area contributed by atoms with Crippen LogP contribution in [0.4, 0.5) is 5.69 Å². The van der Waals surface area contributed by atoms with E-state index < -0.39 is 5.97 Å². The Morgan fingerprint density at radius 3 is 2.30 bits per heavy atom. The summed E-state index contributed by atoms with van der Waals surface area (Å²) in [5, 5.41) is 16.3. The minimum Gasteiger partial charge on any atom is -0.480 e. The van der Waals surface area contributed by atoms with Crippen LogP contribution in [0, 0.1) is 5.41 Å². The van der Waals surface area contributed by atoms with Crippen LogP contribution < -0.4 is 10.6 Å². The maximum Gasteiger partial charge on any atom is 0.317 e. The number of amidine groups is 1. The van der Waals surface area contributed by atoms with Crippen molar-refractivity contribution in [3.05, 3.63) is 29.8 Å². The summed E-state index contributed by atoms with van der Waals surface area (Å²) in [4.78, 5) is 40.9. The molecule has 2 fully saturated rings. The normalized spacial score (nSPS) is 19.4. The number of carbonyl (C=O) groups is 3. The maximum absolute atomic E-state index is 12.6. The van der Waals surface area contributed by atoms with E-state index in [1.165, 1.54) is 4.90 Å². The number of nitrogens with one attached hydrogen (secondary N) is 1. The van der Waals surface area contributed by atoms with Gasteiger partial charge in [0.2, 0.25) is 11.8 Å². The molecule has 4 N–H and O–H groups in total. The first-order chi connectivity index (χ1) is 12.8. The number of piperazine rings is 1. The number of benzene rings is 1. The average molecular weight is 373 g/mol. The Hall–Kier alpha value is -2.94. The second-order valence-corrected chi connectivity index (χ2v) is 6.86. The van der Waals surface area contributed by atoms with Gasteiger partial charge in [0.1, 0.15) is 18.9 Å². The van der Waals surface area contributed by atoms with Crippen molar-refractivity contribution >= 4 is 29.3 Å². The number of nitrogen functional groups attached to an aromatic ring is 1. The summed E-state index contributed by atoms with van der Waals surface area (Å²) in [6.07, 6.45) is 1.33. The summed E-state index contributed by atoms with van der Waals surface area (Å²) in [6.45, 7) is 1.21. The van der Waals surface area contributed by atoms with Crippen LogP contribution in [0.5, 0.6) is 0 Å². The average Bonchev–Trinajstić information content (AvgIpc) is 2.63. The Bertz CT molecular complexity index is 756. The number of hydrogen-bond donors (Lipinski definition) is 3. The number of likely N-dealkylation sites (tertiary alicyclic amines) is 1. The van der Waals surface area contributed by atoms with E-state index >= 15 is 0 Å². The van der Waals surface area contributed by atoms with Crippen LogP contribution >= 0.6 is 0 Å². The largest absolute Gasteiger partial charge is 0.480 e. The molecule has 2 heterocycles. The molecule has 1 aromatic carbocycles. The molecule has 0 bridgehead atoms. The number of aliphatic carboxylic acids is 1. The third-order valence-electron chi connectivity index (χ3n) is 5.07. The molecule has 0 saturated carbocycles. The molecule has 2 aliphatic heterocycles. The van der Waals surface area contributed by atoms with Crippen molar-refractivity contribution in [1.29, 1.82) is 5.41 Å². The van der Waals surface area contributed by atoms with Crippen molar-refractivity contribution in [1.82, 2.24) is 9.80 Å². The Morgan fingerprint density at radius 1 is 1.11 bits per heavy atom. The summed E-state index contributed by atoms with van der Waals surface area (Å²) < 4.78 is 0. The highest BCUT2D eigenvalue weighted by molar-refractivity contribution is 6.05. The SMILES string of the molecule is N=C(N)c1ccc(N2CC(=O)N(C3CCN(CC(=O)O)CC3)CC2=O)cc1. The van der Waals surface area contributed by atoms with E-state index in [4.69, 9.17) is 16.2 Å². The first-order valence-corrected chi connectivity index (χ1v) is 8.83. The van der Waals surface area contributed by atoms with E-state index in [9.17, 15) is 14.4 Å². The number of carboxylic acid groups (broad SMARTS) is 1. The minimum absolute atomic E-state index is 0.00360. The van der Waals surface area contributed by atoms with Crippen LogP contribution in [0.15, 0.2) is 24.3 Å². The van der Waals surface area contributed by atoms with Gasteiger partial charge in [0.25, 0.3) is 0 Å². The van der Waals surface area contributed by atoms with Gasteiger partial charge in [0, 0.05) is 30.4 Å². The topological polar surface area (TPSA) is 131 Å². The zero-order valence-corrected chi connectivity index (χ0v) is 14.9. The third kappa shape index (κ3) is 4.25. The molecule has 0 radical (unpaired) electrons. The summed E-state index contributed by atoms with van der Waals surface area (Å²) in [6, 6.07) is 6.64. The molecule has 2 aliphatic rings. The molecule has 144 valence electrons. The van der Waals surface area contributed by atoms with Gasteiger partial charge in [0.05, 0.1) is 6.54 Å². The fourth-order valence-corrected chi connectivity index (χ4v) is 3.60. The Kier molecular flexibility index (Phi) is 5.41. The molecule has 0 spiro atoms. The number of nitrogens with zero attached hydrogens (tertiary/aromatic N) is 3. The molecule has 9 nitrogen and oxygen atoms in total. The van der Waals surface area contributed by atoms with Crippen molar-refractivity contribution in [3.63, 3.8) is 0 Å². The number of piperidine rings is 1. The summed E-state index contributed by atoms with van der Waals surface area (Å²) in [7, 11) is 0. The number of rotatable bonds is 5. The van der Waals surface area contributed by atoms with E-state index in [2.05, 4.69) is 0 Å². The van der Waals surface area contributed by atoms with Gasteiger partial charge in [-0.3, -0.25) is 24.7 Å². The van der Waals surface area contributed by atoms with Crippen LogP contribution in [0.25, 0.3) is 0 Å². The van der Waals surface area contributed by atoms with Gasteiger partial charge in [-0.2, -0.15) is 0 Å². The molecular weight excluding hydrogens is 350 g/mol.